The summed E-state index contributed by atoms with van der Waals surface area (Å²) in [7, 11) is 1.71. The van der Waals surface area contributed by atoms with E-state index in [1.54, 1.807) is 7.11 Å². The maximum absolute atomic E-state index is 12.0. The Bertz CT molecular complexity index is 257. The van der Waals surface area contributed by atoms with Crippen LogP contribution in [0.25, 0.3) is 0 Å². The molecule has 2 fully saturated rings. The molecule has 4 heteroatoms. The van der Waals surface area contributed by atoms with Crippen LogP contribution in [-0.4, -0.2) is 37.2 Å². The van der Waals surface area contributed by atoms with Crippen molar-refractivity contribution in [2.45, 2.75) is 50.2 Å². The number of ether oxygens (including phenoxy) is 1. The van der Waals surface area contributed by atoms with Gasteiger partial charge in [-0.3, -0.25) is 4.79 Å². The lowest BCUT2D eigenvalue weighted by Gasteiger charge is -2.40. The van der Waals surface area contributed by atoms with E-state index in [1.165, 1.54) is 6.42 Å². The van der Waals surface area contributed by atoms with Crippen LogP contribution in [0.4, 0.5) is 0 Å². The largest absolute Gasteiger partial charge is 0.378 e. The average molecular weight is 226 g/mol. The van der Waals surface area contributed by atoms with E-state index >= 15 is 0 Å². The molecule has 1 saturated carbocycles. The Labute approximate surface area is 97.1 Å². The van der Waals surface area contributed by atoms with Crippen LogP contribution in [0.5, 0.6) is 0 Å². The van der Waals surface area contributed by atoms with E-state index in [2.05, 4.69) is 17.6 Å². The third-order valence-corrected chi connectivity index (χ3v) is 3.99. The second-order valence-electron chi connectivity index (χ2n) is 5.45. The van der Waals surface area contributed by atoms with E-state index in [4.69, 9.17) is 4.74 Å². The van der Waals surface area contributed by atoms with E-state index < -0.39 is 0 Å². The first-order valence-corrected chi connectivity index (χ1v) is 6.14. The Balaban J connectivity index is 1.84. The van der Waals surface area contributed by atoms with Crippen molar-refractivity contribution in [2.24, 2.45) is 0 Å². The zero-order valence-corrected chi connectivity index (χ0v) is 10.3. The van der Waals surface area contributed by atoms with Gasteiger partial charge >= 0.3 is 0 Å². The first-order chi connectivity index (χ1) is 7.58. The van der Waals surface area contributed by atoms with Crippen molar-refractivity contribution in [2.75, 3.05) is 20.2 Å². The SMILES string of the molecule is COC1(CC(=O)NC2(C)CCNC2)CCC1. The second kappa shape index (κ2) is 4.34. The summed E-state index contributed by atoms with van der Waals surface area (Å²) in [6.45, 7) is 3.97. The van der Waals surface area contributed by atoms with Crippen molar-refractivity contribution in [3.63, 3.8) is 0 Å². The molecule has 0 aromatic rings. The normalized spacial score (nSPS) is 32.1. The van der Waals surface area contributed by atoms with Gasteiger partial charge in [-0.25, -0.2) is 0 Å². The van der Waals surface area contributed by atoms with Gasteiger partial charge in [-0.05, 0) is 39.2 Å². The first-order valence-electron chi connectivity index (χ1n) is 6.14. The molecule has 0 spiro atoms. The predicted molar refractivity (Wildman–Crippen MR) is 62.2 cm³/mol. The molecule has 0 aromatic carbocycles. The molecule has 4 nitrogen and oxygen atoms in total. The lowest BCUT2D eigenvalue weighted by atomic mass is 9.77. The Morgan fingerprint density at radius 3 is 2.62 bits per heavy atom. The van der Waals surface area contributed by atoms with Crippen molar-refractivity contribution < 1.29 is 9.53 Å². The third-order valence-electron chi connectivity index (χ3n) is 3.99. The molecular formula is C12H22N2O2. The number of nitrogens with one attached hydrogen (secondary N) is 2. The average Bonchev–Trinajstić information content (AvgIpc) is 2.58. The number of carbonyl (C=O) groups excluding carboxylic acids is 1. The fourth-order valence-corrected chi connectivity index (χ4v) is 2.62. The number of hydrogen-bond donors (Lipinski definition) is 2. The zero-order valence-electron chi connectivity index (χ0n) is 10.3. The van der Waals surface area contributed by atoms with Crippen LogP contribution in [-0.2, 0) is 9.53 Å². The second-order valence-corrected chi connectivity index (χ2v) is 5.45. The van der Waals surface area contributed by atoms with E-state index in [-0.39, 0.29) is 17.0 Å². The molecule has 16 heavy (non-hydrogen) atoms. The number of amides is 1. The smallest absolute Gasteiger partial charge is 0.223 e. The minimum atomic E-state index is -0.160. The lowest BCUT2D eigenvalue weighted by molar-refractivity contribution is -0.135. The number of carbonyl (C=O) groups is 1. The maximum atomic E-state index is 12.0. The van der Waals surface area contributed by atoms with Crippen LogP contribution in [0.2, 0.25) is 0 Å². The lowest BCUT2D eigenvalue weighted by Crippen LogP contribution is -2.51. The van der Waals surface area contributed by atoms with Crippen LogP contribution >= 0.6 is 0 Å². The van der Waals surface area contributed by atoms with Crippen molar-refractivity contribution in [3.8, 4) is 0 Å². The topological polar surface area (TPSA) is 50.4 Å². The van der Waals surface area contributed by atoms with Gasteiger partial charge in [0.25, 0.3) is 0 Å². The zero-order chi connectivity index (χ0) is 11.6. The molecule has 2 N–H and O–H groups in total. The molecule has 2 rings (SSSR count). The molecular weight excluding hydrogens is 204 g/mol. The van der Waals surface area contributed by atoms with Crippen LogP contribution in [0.3, 0.4) is 0 Å². The van der Waals surface area contributed by atoms with Gasteiger partial charge in [0.2, 0.25) is 5.91 Å². The highest BCUT2D eigenvalue weighted by Crippen LogP contribution is 2.38. The quantitative estimate of drug-likeness (QED) is 0.746. The Morgan fingerprint density at radius 2 is 2.19 bits per heavy atom. The molecule has 1 saturated heterocycles. The van der Waals surface area contributed by atoms with Gasteiger partial charge in [0.05, 0.1) is 17.6 Å². The molecule has 0 aromatic heterocycles. The van der Waals surface area contributed by atoms with Gasteiger partial charge < -0.3 is 15.4 Å². The van der Waals surface area contributed by atoms with Gasteiger partial charge in [0.15, 0.2) is 0 Å². The van der Waals surface area contributed by atoms with Crippen LogP contribution in [0.1, 0.15) is 39.0 Å². The molecule has 1 heterocycles. The van der Waals surface area contributed by atoms with E-state index in [1.807, 2.05) is 0 Å². The minimum absolute atomic E-state index is 0.0598. The van der Waals surface area contributed by atoms with Gasteiger partial charge in [0, 0.05) is 13.7 Å². The molecule has 1 aliphatic heterocycles. The Morgan fingerprint density at radius 1 is 1.44 bits per heavy atom. The summed E-state index contributed by atoms with van der Waals surface area (Å²) in [6.07, 6.45) is 4.75. The predicted octanol–water partition coefficient (Wildman–Crippen LogP) is 0.814. The molecule has 1 atom stereocenters. The Hall–Kier alpha value is -0.610. The van der Waals surface area contributed by atoms with Gasteiger partial charge in [-0.2, -0.15) is 0 Å². The fourth-order valence-electron chi connectivity index (χ4n) is 2.62. The van der Waals surface area contributed by atoms with Crippen LogP contribution in [0, 0.1) is 0 Å². The number of hydrogen-bond acceptors (Lipinski definition) is 3. The van der Waals surface area contributed by atoms with E-state index in [0.29, 0.717) is 6.42 Å². The summed E-state index contributed by atoms with van der Waals surface area (Å²) in [5, 5.41) is 6.41. The molecule has 1 unspecified atom stereocenters. The van der Waals surface area contributed by atoms with Crippen molar-refractivity contribution in [3.05, 3.63) is 0 Å². The maximum Gasteiger partial charge on any atom is 0.223 e. The summed E-state index contributed by atoms with van der Waals surface area (Å²) >= 11 is 0. The van der Waals surface area contributed by atoms with Crippen LogP contribution < -0.4 is 10.6 Å². The number of methoxy groups -OCH3 is 1. The molecule has 1 aliphatic carbocycles. The fraction of sp³-hybridized carbons (Fsp3) is 0.917. The van der Waals surface area contributed by atoms with Gasteiger partial charge in [-0.1, -0.05) is 0 Å². The molecule has 0 bridgehead atoms. The highest BCUT2D eigenvalue weighted by atomic mass is 16.5. The monoisotopic (exact) mass is 226 g/mol. The molecule has 2 aliphatic rings. The summed E-state index contributed by atoms with van der Waals surface area (Å²) in [6, 6.07) is 0. The first kappa shape index (κ1) is 11.9. The molecule has 0 radical (unpaired) electrons. The van der Waals surface area contributed by atoms with Crippen molar-refractivity contribution in [1.82, 2.24) is 10.6 Å². The van der Waals surface area contributed by atoms with Gasteiger partial charge in [-0.15, -0.1) is 0 Å². The summed E-state index contributed by atoms with van der Waals surface area (Å²) < 4.78 is 5.47. The molecule has 92 valence electrons. The third kappa shape index (κ3) is 2.38. The minimum Gasteiger partial charge on any atom is -0.378 e. The van der Waals surface area contributed by atoms with Crippen molar-refractivity contribution >= 4 is 5.91 Å². The number of rotatable bonds is 4. The highest BCUT2D eigenvalue weighted by Gasteiger charge is 2.40. The van der Waals surface area contributed by atoms with Crippen molar-refractivity contribution in [1.29, 1.82) is 0 Å². The van der Waals surface area contributed by atoms with Gasteiger partial charge in [0.1, 0.15) is 0 Å². The Kier molecular flexibility index (Phi) is 3.22. The summed E-state index contributed by atoms with van der Waals surface area (Å²) in [5.41, 5.74) is -0.220. The highest BCUT2D eigenvalue weighted by molar-refractivity contribution is 5.78. The summed E-state index contributed by atoms with van der Waals surface area (Å²) in [5.74, 6) is 0.132. The van der Waals surface area contributed by atoms with E-state index in [9.17, 15) is 4.79 Å². The standard InChI is InChI=1S/C12H22N2O2/c1-11(6-7-13-9-11)14-10(15)8-12(16-2)4-3-5-12/h13H,3-9H2,1-2H3,(H,14,15). The van der Waals surface area contributed by atoms with E-state index in [0.717, 1.165) is 32.4 Å². The van der Waals surface area contributed by atoms with Crippen LogP contribution in [0.15, 0.2) is 0 Å². The summed E-state index contributed by atoms with van der Waals surface area (Å²) in [4.78, 5) is 12.0. The molecule has 1 amide bonds.